The largest absolute Gasteiger partial charge is 0.480 e. The summed E-state index contributed by atoms with van der Waals surface area (Å²) in [6.07, 6.45) is 4.94. The predicted molar refractivity (Wildman–Crippen MR) is 41.1 cm³/mol. The van der Waals surface area contributed by atoms with Gasteiger partial charge in [-0.1, -0.05) is 6.58 Å². The fraction of sp³-hybridized carbons (Fsp3) is 0.143. The van der Waals surface area contributed by atoms with Crippen molar-refractivity contribution in [3.8, 4) is 0 Å². The average Bonchev–Trinajstić information content (AvgIpc) is 1.93. The number of hydrogen-bond acceptors (Lipinski definition) is 3. The summed E-state index contributed by atoms with van der Waals surface area (Å²) in [4.78, 5) is 10.2. The molecule has 0 aliphatic carbocycles. The van der Waals surface area contributed by atoms with Crippen LogP contribution in [0.15, 0.2) is 29.5 Å². The Morgan fingerprint density at radius 1 is 1.82 bits per heavy atom. The highest BCUT2D eigenvalue weighted by atomic mass is 16.4. The number of carboxylic acid groups (broad SMARTS) is 1. The van der Waals surface area contributed by atoms with E-state index in [4.69, 9.17) is 5.11 Å². The van der Waals surface area contributed by atoms with Gasteiger partial charge in [-0.15, -0.1) is 0 Å². The van der Waals surface area contributed by atoms with Crippen LogP contribution in [0.1, 0.15) is 0 Å². The minimum atomic E-state index is -0.918. The quantitative estimate of drug-likeness (QED) is 0.624. The third-order valence-electron chi connectivity index (χ3n) is 1.20. The van der Waals surface area contributed by atoms with Crippen molar-refractivity contribution < 1.29 is 9.90 Å². The number of carbonyl (C=O) groups is 1. The molecule has 0 saturated carbocycles. The van der Waals surface area contributed by atoms with E-state index in [1.54, 1.807) is 12.2 Å². The Bertz CT molecular complexity index is 243. The van der Waals surface area contributed by atoms with E-state index in [-0.39, 0.29) is 6.54 Å². The molecular formula is C7H8N2O2. The molecule has 1 aliphatic rings. The Kier molecular flexibility index (Phi) is 2.06. The highest BCUT2D eigenvalue weighted by molar-refractivity contribution is 5.74. The topological polar surface area (TPSA) is 52.9 Å². The van der Waals surface area contributed by atoms with Gasteiger partial charge < -0.3 is 5.11 Å². The first-order valence-electron chi connectivity index (χ1n) is 3.09. The van der Waals surface area contributed by atoms with E-state index in [0.717, 1.165) is 0 Å². The summed E-state index contributed by atoms with van der Waals surface area (Å²) < 4.78 is 0. The van der Waals surface area contributed by atoms with Crippen LogP contribution in [0.5, 0.6) is 0 Å². The molecule has 1 rings (SSSR count). The fourth-order valence-electron chi connectivity index (χ4n) is 0.704. The van der Waals surface area contributed by atoms with Gasteiger partial charge in [0, 0.05) is 6.21 Å². The van der Waals surface area contributed by atoms with Crippen molar-refractivity contribution in [2.24, 2.45) is 5.10 Å². The number of hydrazone groups is 1. The summed E-state index contributed by atoms with van der Waals surface area (Å²) in [6, 6.07) is 0. The Morgan fingerprint density at radius 2 is 2.55 bits per heavy atom. The number of aliphatic carboxylic acids is 1. The molecule has 4 heteroatoms. The summed E-state index contributed by atoms with van der Waals surface area (Å²) in [6.45, 7) is 3.47. The molecule has 0 bridgehead atoms. The Hall–Kier alpha value is -1.58. The third-order valence-corrected chi connectivity index (χ3v) is 1.20. The predicted octanol–water partition coefficient (Wildman–Crippen LogP) is 0.442. The Labute approximate surface area is 64.1 Å². The van der Waals surface area contributed by atoms with E-state index in [9.17, 15) is 4.79 Å². The monoisotopic (exact) mass is 152 g/mol. The summed E-state index contributed by atoms with van der Waals surface area (Å²) in [5.41, 5.74) is 0.593. The number of nitrogens with zero attached hydrogens (tertiary/aromatic N) is 2. The summed E-state index contributed by atoms with van der Waals surface area (Å²) in [7, 11) is 0. The van der Waals surface area contributed by atoms with E-state index < -0.39 is 5.97 Å². The van der Waals surface area contributed by atoms with Gasteiger partial charge in [-0.25, -0.2) is 0 Å². The Balaban J connectivity index is 2.59. The molecule has 0 unspecified atom stereocenters. The van der Waals surface area contributed by atoms with Crippen molar-refractivity contribution in [1.82, 2.24) is 5.01 Å². The third kappa shape index (κ3) is 1.93. The zero-order chi connectivity index (χ0) is 8.27. The number of allylic oxidation sites excluding steroid dienone is 2. The number of hydrogen-bond donors (Lipinski definition) is 1. The van der Waals surface area contributed by atoms with Gasteiger partial charge >= 0.3 is 5.97 Å². The number of rotatable bonds is 2. The van der Waals surface area contributed by atoms with Crippen LogP contribution in [0.25, 0.3) is 0 Å². The molecular weight excluding hydrogens is 144 g/mol. The van der Waals surface area contributed by atoms with Crippen molar-refractivity contribution in [2.75, 3.05) is 6.54 Å². The minimum Gasteiger partial charge on any atom is -0.480 e. The second-order valence-electron chi connectivity index (χ2n) is 2.07. The van der Waals surface area contributed by atoms with Crippen molar-refractivity contribution in [3.63, 3.8) is 0 Å². The van der Waals surface area contributed by atoms with Crippen LogP contribution in [-0.2, 0) is 4.79 Å². The van der Waals surface area contributed by atoms with Crippen LogP contribution in [0.2, 0.25) is 0 Å². The minimum absolute atomic E-state index is 0.139. The summed E-state index contributed by atoms with van der Waals surface area (Å²) in [5, 5.41) is 13.5. The molecule has 4 nitrogen and oxygen atoms in total. The van der Waals surface area contributed by atoms with Gasteiger partial charge in [-0.3, -0.25) is 9.80 Å². The van der Waals surface area contributed by atoms with Crippen LogP contribution < -0.4 is 0 Å². The molecule has 1 N–H and O–H groups in total. The SMILES string of the molecule is C=C1C=CC=NN1CC(=O)O. The van der Waals surface area contributed by atoms with Gasteiger partial charge in [0.05, 0.1) is 5.70 Å². The molecule has 1 heterocycles. The van der Waals surface area contributed by atoms with Gasteiger partial charge in [-0.2, -0.15) is 5.10 Å². The molecule has 0 aromatic carbocycles. The van der Waals surface area contributed by atoms with Crippen LogP contribution in [0.4, 0.5) is 0 Å². The lowest BCUT2D eigenvalue weighted by Gasteiger charge is -2.18. The molecule has 11 heavy (non-hydrogen) atoms. The van der Waals surface area contributed by atoms with E-state index in [1.807, 2.05) is 0 Å². The first-order valence-corrected chi connectivity index (χ1v) is 3.09. The Morgan fingerprint density at radius 3 is 3.09 bits per heavy atom. The summed E-state index contributed by atoms with van der Waals surface area (Å²) >= 11 is 0. The van der Waals surface area contributed by atoms with Gasteiger partial charge in [0.2, 0.25) is 0 Å². The maximum absolute atomic E-state index is 10.2. The molecule has 0 amide bonds. The van der Waals surface area contributed by atoms with E-state index in [0.29, 0.717) is 5.70 Å². The lowest BCUT2D eigenvalue weighted by atomic mass is 10.3. The fourth-order valence-corrected chi connectivity index (χ4v) is 0.704. The average molecular weight is 152 g/mol. The van der Waals surface area contributed by atoms with Crippen molar-refractivity contribution in [1.29, 1.82) is 0 Å². The molecule has 0 aromatic rings. The number of carboxylic acids is 1. The molecule has 58 valence electrons. The zero-order valence-corrected chi connectivity index (χ0v) is 5.90. The first-order chi connectivity index (χ1) is 5.20. The standard InChI is InChI=1S/C7H8N2O2/c1-6-3-2-4-8-9(6)5-7(10)11/h2-4H,1,5H2,(H,10,11). The molecule has 0 aromatic heterocycles. The smallest absolute Gasteiger partial charge is 0.325 e. The molecule has 0 radical (unpaired) electrons. The van der Waals surface area contributed by atoms with E-state index in [2.05, 4.69) is 11.7 Å². The maximum atomic E-state index is 10.2. The molecule has 0 fully saturated rings. The van der Waals surface area contributed by atoms with Crippen LogP contribution in [0.3, 0.4) is 0 Å². The normalized spacial score (nSPS) is 15.6. The lowest BCUT2D eigenvalue weighted by molar-refractivity contribution is -0.137. The second kappa shape index (κ2) is 3.01. The van der Waals surface area contributed by atoms with Gasteiger partial charge in [0.1, 0.15) is 6.54 Å². The van der Waals surface area contributed by atoms with Crippen LogP contribution in [-0.4, -0.2) is 28.8 Å². The summed E-state index contributed by atoms with van der Waals surface area (Å²) in [5.74, 6) is -0.918. The van der Waals surface area contributed by atoms with Gasteiger partial charge in [-0.05, 0) is 12.2 Å². The first kappa shape index (κ1) is 7.53. The van der Waals surface area contributed by atoms with E-state index >= 15 is 0 Å². The zero-order valence-electron chi connectivity index (χ0n) is 5.90. The van der Waals surface area contributed by atoms with Gasteiger partial charge in [0.15, 0.2) is 0 Å². The van der Waals surface area contributed by atoms with Crippen molar-refractivity contribution >= 4 is 12.2 Å². The highest BCUT2D eigenvalue weighted by Gasteiger charge is 2.08. The molecule has 0 spiro atoms. The van der Waals surface area contributed by atoms with Crippen molar-refractivity contribution in [3.05, 3.63) is 24.4 Å². The molecule has 0 saturated heterocycles. The van der Waals surface area contributed by atoms with E-state index in [1.165, 1.54) is 11.2 Å². The lowest BCUT2D eigenvalue weighted by Crippen LogP contribution is -2.24. The molecule has 1 aliphatic heterocycles. The second-order valence-corrected chi connectivity index (χ2v) is 2.07. The molecule has 0 atom stereocenters. The van der Waals surface area contributed by atoms with Crippen molar-refractivity contribution in [2.45, 2.75) is 0 Å². The van der Waals surface area contributed by atoms with Gasteiger partial charge in [0.25, 0.3) is 0 Å². The van der Waals surface area contributed by atoms with Crippen LogP contribution in [0, 0.1) is 0 Å². The highest BCUT2D eigenvalue weighted by Crippen LogP contribution is 2.06. The van der Waals surface area contributed by atoms with Crippen LogP contribution >= 0.6 is 0 Å². The maximum Gasteiger partial charge on any atom is 0.325 e.